The SMILES string of the molecule is NCc1ccc(Oc2cccc(I)c2)cc1Cl. The molecule has 0 unspecified atom stereocenters. The number of nitrogens with two attached hydrogens (primary N) is 1. The van der Waals surface area contributed by atoms with Crippen LogP contribution in [0.5, 0.6) is 11.5 Å². The van der Waals surface area contributed by atoms with Gasteiger partial charge in [-0.15, -0.1) is 0 Å². The molecule has 0 bridgehead atoms. The lowest BCUT2D eigenvalue weighted by Gasteiger charge is -2.08. The molecule has 2 rings (SSSR count). The minimum Gasteiger partial charge on any atom is -0.457 e. The summed E-state index contributed by atoms with van der Waals surface area (Å²) in [5.41, 5.74) is 6.47. The van der Waals surface area contributed by atoms with Crippen molar-refractivity contribution in [3.05, 3.63) is 56.6 Å². The van der Waals surface area contributed by atoms with E-state index >= 15 is 0 Å². The Balaban J connectivity index is 2.22. The fourth-order valence-electron chi connectivity index (χ4n) is 1.42. The van der Waals surface area contributed by atoms with E-state index in [1.54, 1.807) is 6.07 Å². The molecule has 17 heavy (non-hydrogen) atoms. The van der Waals surface area contributed by atoms with Crippen LogP contribution >= 0.6 is 34.2 Å². The molecule has 0 fully saturated rings. The van der Waals surface area contributed by atoms with Crippen molar-refractivity contribution >= 4 is 34.2 Å². The first kappa shape index (κ1) is 12.7. The first-order valence-electron chi connectivity index (χ1n) is 5.11. The highest BCUT2D eigenvalue weighted by atomic mass is 127. The molecule has 0 atom stereocenters. The van der Waals surface area contributed by atoms with E-state index in [-0.39, 0.29) is 0 Å². The van der Waals surface area contributed by atoms with Crippen molar-refractivity contribution in [2.24, 2.45) is 5.73 Å². The van der Waals surface area contributed by atoms with E-state index in [1.807, 2.05) is 36.4 Å². The quantitative estimate of drug-likeness (QED) is 0.834. The third kappa shape index (κ3) is 3.34. The van der Waals surface area contributed by atoms with Gasteiger partial charge in [0.15, 0.2) is 0 Å². The Labute approximate surface area is 119 Å². The minimum absolute atomic E-state index is 0.433. The van der Waals surface area contributed by atoms with Crippen molar-refractivity contribution < 1.29 is 4.74 Å². The Morgan fingerprint density at radius 1 is 1.12 bits per heavy atom. The van der Waals surface area contributed by atoms with Crippen LogP contribution in [-0.4, -0.2) is 0 Å². The Morgan fingerprint density at radius 3 is 2.53 bits per heavy atom. The van der Waals surface area contributed by atoms with Crippen LogP contribution in [0.4, 0.5) is 0 Å². The highest BCUT2D eigenvalue weighted by Gasteiger charge is 2.02. The van der Waals surface area contributed by atoms with E-state index in [1.165, 1.54) is 0 Å². The first-order chi connectivity index (χ1) is 8.19. The van der Waals surface area contributed by atoms with Gasteiger partial charge in [-0.05, 0) is 58.5 Å². The maximum absolute atomic E-state index is 6.07. The molecule has 0 amide bonds. The Morgan fingerprint density at radius 2 is 1.88 bits per heavy atom. The molecular weight excluding hydrogens is 349 g/mol. The average Bonchev–Trinajstić information content (AvgIpc) is 2.29. The van der Waals surface area contributed by atoms with Crippen LogP contribution in [0.1, 0.15) is 5.56 Å². The van der Waals surface area contributed by atoms with Crippen LogP contribution in [0.3, 0.4) is 0 Å². The smallest absolute Gasteiger partial charge is 0.128 e. The van der Waals surface area contributed by atoms with Crippen molar-refractivity contribution in [3.63, 3.8) is 0 Å². The van der Waals surface area contributed by atoms with E-state index in [0.29, 0.717) is 17.3 Å². The summed E-state index contributed by atoms with van der Waals surface area (Å²) in [4.78, 5) is 0. The van der Waals surface area contributed by atoms with Crippen LogP contribution in [0.25, 0.3) is 0 Å². The van der Waals surface area contributed by atoms with Gasteiger partial charge in [-0.2, -0.15) is 0 Å². The molecule has 0 saturated carbocycles. The number of ether oxygens (including phenoxy) is 1. The van der Waals surface area contributed by atoms with Crippen LogP contribution in [0.2, 0.25) is 5.02 Å². The lowest BCUT2D eigenvalue weighted by Crippen LogP contribution is -1.97. The Bertz CT molecular complexity index is 531. The highest BCUT2D eigenvalue weighted by molar-refractivity contribution is 14.1. The maximum atomic E-state index is 6.07. The number of hydrogen-bond donors (Lipinski definition) is 1. The summed E-state index contributed by atoms with van der Waals surface area (Å²) in [5, 5.41) is 0.635. The summed E-state index contributed by atoms with van der Waals surface area (Å²) >= 11 is 8.31. The van der Waals surface area contributed by atoms with Crippen LogP contribution in [-0.2, 0) is 6.54 Å². The summed E-state index contributed by atoms with van der Waals surface area (Å²) in [6, 6.07) is 13.4. The van der Waals surface area contributed by atoms with Gasteiger partial charge < -0.3 is 10.5 Å². The van der Waals surface area contributed by atoms with E-state index in [4.69, 9.17) is 22.1 Å². The van der Waals surface area contributed by atoms with Gasteiger partial charge in [0, 0.05) is 15.1 Å². The number of hydrogen-bond acceptors (Lipinski definition) is 2. The zero-order valence-electron chi connectivity index (χ0n) is 8.99. The molecule has 0 aliphatic carbocycles. The topological polar surface area (TPSA) is 35.2 Å². The van der Waals surface area contributed by atoms with Crippen molar-refractivity contribution in [2.75, 3.05) is 0 Å². The zero-order valence-corrected chi connectivity index (χ0v) is 11.9. The van der Waals surface area contributed by atoms with Gasteiger partial charge >= 0.3 is 0 Å². The molecule has 2 nitrogen and oxygen atoms in total. The fourth-order valence-corrected chi connectivity index (χ4v) is 2.19. The molecule has 2 N–H and O–H groups in total. The molecule has 0 aliphatic rings. The summed E-state index contributed by atoms with van der Waals surface area (Å²) in [7, 11) is 0. The van der Waals surface area contributed by atoms with Gasteiger partial charge in [0.05, 0.1) is 0 Å². The molecule has 2 aromatic carbocycles. The van der Waals surface area contributed by atoms with Gasteiger partial charge in [0.1, 0.15) is 11.5 Å². The van der Waals surface area contributed by atoms with E-state index in [2.05, 4.69) is 22.6 Å². The molecule has 2 aromatic rings. The molecule has 0 aliphatic heterocycles. The lowest BCUT2D eigenvalue weighted by atomic mass is 10.2. The molecule has 0 spiro atoms. The second-order valence-electron chi connectivity index (χ2n) is 3.52. The summed E-state index contributed by atoms with van der Waals surface area (Å²) < 4.78 is 6.84. The Kier molecular flexibility index (Phi) is 4.25. The predicted molar refractivity (Wildman–Crippen MR) is 78.6 cm³/mol. The van der Waals surface area contributed by atoms with Gasteiger partial charge in [-0.25, -0.2) is 0 Å². The second kappa shape index (κ2) is 5.71. The molecule has 0 saturated heterocycles. The average molecular weight is 360 g/mol. The third-order valence-corrected chi connectivity index (χ3v) is 3.30. The summed E-state index contributed by atoms with van der Waals surface area (Å²) in [6.07, 6.45) is 0. The van der Waals surface area contributed by atoms with Gasteiger partial charge in [0.2, 0.25) is 0 Å². The van der Waals surface area contributed by atoms with E-state index in [9.17, 15) is 0 Å². The van der Waals surface area contributed by atoms with Crippen molar-refractivity contribution in [2.45, 2.75) is 6.54 Å². The molecule has 88 valence electrons. The minimum atomic E-state index is 0.433. The molecular formula is C13H11ClINO. The molecule has 0 heterocycles. The number of halogens is 2. The second-order valence-corrected chi connectivity index (χ2v) is 5.17. The number of benzene rings is 2. The normalized spacial score (nSPS) is 10.3. The van der Waals surface area contributed by atoms with Crippen molar-refractivity contribution in [1.29, 1.82) is 0 Å². The highest BCUT2D eigenvalue weighted by Crippen LogP contribution is 2.27. The summed E-state index contributed by atoms with van der Waals surface area (Å²) in [6.45, 7) is 0.433. The van der Waals surface area contributed by atoms with Gasteiger partial charge in [-0.3, -0.25) is 0 Å². The van der Waals surface area contributed by atoms with Crippen molar-refractivity contribution in [3.8, 4) is 11.5 Å². The van der Waals surface area contributed by atoms with Crippen LogP contribution in [0, 0.1) is 3.57 Å². The molecule has 0 aromatic heterocycles. The molecule has 0 radical (unpaired) electrons. The fraction of sp³-hybridized carbons (Fsp3) is 0.0769. The van der Waals surface area contributed by atoms with Crippen molar-refractivity contribution in [1.82, 2.24) is 0 Å². The standard InChI is InChI=1S/C13H11ClINO/c14-13-7-12(5-4-9(13)8-16)17-11-3-1-2-10(15)6-11/h1-7H,8,16H2. The van der Waals surface area contributed by atoms with Gasteiger partial charge in [0.25, 0.3) is 0 Å². The maximum Gasteiger partial charge on any atom is 0.128 e. The predicted octanol–water partition coefficient (Wildman–Crippen LogP) is 4.20. The van der Waals surface area contributed by atoms with E-state index < -0.39 is 0 Å². The number of rotatable bonds is 3. The monoisotopic (exact) mass is 359 g/mol. The third-order valence-electron chi connectivity index (χ3n) is 2.28. The lowest BCUT2D eigenvalue weighted by molar-refractivity contribution is 0.482. The van der Waals surface area contributed by atoms with E-state index in [0.717, 1.165) is 14.9 Å². The largest absolute Gasteiger partial charge is 0.457 e. The zero-order chi connectivity index (χ0) is 12.3. The first-order valence-corrected chi connectivity index (χ1v) is 6.56. The molecule has 4 heteroatoms. The Hall–Kier alpha value is -0.780. The van der Waals surface area contributed by atoms with Crippen LogP contribution in [0.15, 0.2) is 42.5 Å². The summed E-state index contributed by atoms with van der Waals surface area (Å²) in [5.74, 6) is 1.52. The van der Waals surface area contributed by atoms with Gasteiger partial charge in [-0.1, -0.05) is 23.7 Å². The van der Waals surface area contributed by atoms with Crippen LogP contribution < -0.4 is 10.5 Å².